The number of alkyl carbamates (subject to hydrolysis) is 1. The number of hydrogen-bond acceptors (Lipinski definition) is 7. The lowest BCUT2D eigenvalue weighted by molar-refractivity contribution is 0.0523. The van der Waals surface area contributed by atoms with Gasteiger partial charge in [-0.1, -0.05) is 43.6 Å². The molecule has 1 N–H and O–H groups in total. The number of aliphatic imine (C=N–C) groups is 2. The Morgan fingerprint density at radius 2 is 1.74 bits per heavy atom. The van der Waals surface area contributed by atoms with Gasteiger partial charge >= 0.3 is 12.2 Å². The Morgan fingerprint density at radius 1 is 1.09 bits per heavy atom. The molecule has 0 spiro atoms. The second kappa shape index (κ2) is 14.9. The van der Waals surface area contributed by atoms with Crippen LogP contribution in [0.5, 0.6) is 5.75 Å². The summed E-state index contributed by atoms with van der Waals surface area (Å²) in [6.45, 7) is 17.9. The Morgan fingerprint density at radius 3 is 2.28 bits per heavy atom. The third-order valence-corrected chi connectivity index (χ3v) is 12.6. The zero-order valence-corrected chi connectivity index (χ0v) is 30.3. The zero-order valence-electron chi connectivity index (χ0n) is 26.9. The lowest BCUT2D eigenvalue weighted by atomic mass is 10.0. The predicted molar refractivity (Wildman–Crippen MR) is 180 cm³/mol. The summed E-state index contributed by atoms with van der Waals surface area (Å²) in [5.74, 6) is -0.443. The van der Waals surface area contributed by atoms with Gasteiger partial charge in [0, 0.05) is 16.6 Å². The van der Waals surface area contributed by atoms with E-state index in [1.807, 2.05) is 6.92 Å². The van der Waals surface area contributed by atoms with E-state index in [1.165, 1.54) is 7.11 Å². The Hall–Kier alpha value is -2.70. The van der Waals surface area contributed by atoms with E-state index >= 15 is 4.39 Å². The van der Waals surface area contributed by atoms with Crippen LogP contribution in [0.1, 0.15) is 65.2 Å². The van der Waals surface area contributed by atoms with Crippen LogP contribution in [0.2, 0.25) is 18.1 Å². The van der Waals surface area contributed by atoms with Crippen molar-refractivity contribution in [2.24, 2.45) is 9.98 Å². The van der Waals surface area contributed by atoms with E-state index in [-0.39, 0.29) is 33.7 Å². The van der Waals surface area contributed by atoms with Gasteiger partial charge in [-0.05, 0) is 93.0 Å². The normalized spacial score (nSPS) is 13.0. The zero-order chi connectivity index (χ0) is 32.8. The van der Waals surface area contributed by atoms with Crippen LogP contribution < -0.4 is 9.74 Å². The maximum Gasteiger partial charge on any atom is 0.434 e. The third kappa shape index (κ3) is 10.5. The van der Waals surface area contributed by atoms with E-state index in [0.717, 1.165) is 21.8 Å². The predicted octanol–water partition coefficient (Wildman–Crippen LogP) is 9.21. The number of thioether (sulfide) groups is 1. The van der Waals surface area contributed by atoms with E-state index in [1.54, 1.807) is 57.4 Å². The molecule has 8 nitrogen and oxygen atoms in total. The third-order valence-electron chi connectivity index (χ3n) is 6.79. The fourth-order valence-corrected chi connectivity index (χ4v) is 5.36. The molecule has 0 bridgehead atoms. The molecular formula is C31H43BrFN3O5SSi. The first-order chi connectivity index (χ1) is 19.8. The van der Waals surface area contributed by atoms with Crippen molar-refractivity contribution in [2.75, 3.05) is 13.4 Å². The van der Waals surface area contributed by atoms with Crippen LogP contribution in [0.4, 0.5) is 19.7 Å². The lowest BCUT2D eigenvalue weighted by Crippen LogP contribution is -2.44. The van der Waals surface area contributed by atoms with Gasteiger partial charge in [-0.15, -0.1) is 11.8 Å². The highest BCUT2D eigenvalue weighted by atomic mass is 79.9. The van der Waals surface area contributed by atoms with Crippen molar-refractivity contribution in [2.45, 2.75) is 85.2 Å². The van der Waals surface area contributed by atoms with E-state index in [2.05, 4.69) is 60.1 Å². The molecule has 0 aliphatic heterocycles. The summed E-state index contributed by atoms with van der Waals surface area (Å²) < 4.78 is 33.7. The van der Waals surface area contributed by atoms with Gasteiger partial charge in [-0.25, -0.2) is 19.0 Å². The average molecular weight is 697 g/mol. The molecule has 2 aromatic rings. The van der Waals surface area contributed by atoms with E-state index in [0.29, 0.717) is 17.7 Å². The van der Waals surface area contributed by atoms with Crippen molar-refractivity contribution in [1.82, 2.24) is 5.32 Å². The minimum atomic E-state index is -2.40. The van der Waals surface area contributed by atoms with Crippen LogP contribution in [-0.2, 0) is 22.4 Å². The van der Waals surface area contributed by atoms with Gasteiger partial charge in [0.2, 0.25) is 0 Å². The molecule has 0 atom stereocenters. The monoisotopic (exact) mass is 695 g/mol. The molecule has 0 saturated heterocycles. The molecule has 2 rings (SSSR count). The minimum absolute atomic E-state index is 0.144. The van der Waals surface area contributed by atoms with Gasteiger partial charge in [0.15, 0.2) is 5.82 Å². The fraction of sp³-hybridized carbons (Fsp3) is 0.484. The average Bonchev–Trinajstić information content (AvgIpc) is 2.90. The van der Waals surface area contributed by atoms with Gasteiger partial charge in [0.25, 0.3) is 8.32 Å². The van der Waals surface area contributed by atoms with Crippen molar-refractivity contribution >= 4 is 64.6 Å². The molecule has 0 aromatic heterocycles. The first-order valence-electron chi connectivity index (χ1n) is 13.9. The van der Waals surface area contributed by atoms with Gasteiger partial charge in [0.05, 0.1) is 12.8 Å². The Kier molecular flexibility index (Phi) is 12.6. The number of benzene rings is 2. The number of ether oxygens (including phenoxy) is 2. The standard InChI is InChI=1S/C31H43BrFN3O5SSi/c1-12-19-15-22(25(33)24(16-19)41-43(10,11)31(5,6)7)26(27(42-9)36-29(38)39-8)35-21-13-14-23(32)20(17-21)18-34-28(37)40-30(2,3)4/h13-17H,12,18H2,1-11H3,(H,34,37)/b35-26?,36-27-. The van der Waals surface area contributed by atoms with Gasteiger partial charge in [-0.2, -0.15) is 4.99 Å². The summed E-state index contributed by atoms with van der Waals surface area (Å²) in [7, 11) is -1.17. The number of aryl methyl sites for hydroxylation is 1. The number of nitrogens with one attached hydrogen (secondary N) is 1. The SMILES string of the molecule is CCc1cc(O[Si](C)(C)C(C)(C)C)c(F)c(C(=Nc2ccc(Br)c(CNC(=O)OC(C)(C)C)c2)/C(=N/C(=O)OC)SC)c1. The van der Waals surface area contributed by atoms with Crippen molar-refractivity contribution in [3.63, 3.8) is 0 Å². The van der Waals surface area contributed by atoms with E-state index in [9.17, 15) is 9.59 Å². The quantitative estimate of drug-likeness (QED) is 0.168. The molecule has 2 aromatic carbocycles. The van der Waals surface area contributed by atoms with Gasteiger partial charge < -0.3 is 19.2 Å². The van der Waals surface area contributed by atoms with Gasteiger partial charge in [0.1, 0.15) is 22.1 Å². The van der Waals surface area contributed by atoms with E-state index in [4.69, 9.17) is 18.9 Å². The second-order valence-electron chi connectivity index (χ2n) is 12.4. The molecule has 0 radical (unpaired) electrons. The molecule has 12 heteroatoms. The van der Waals surface area contributed by atoms with Crippen molar-refractivity contribution in [3.8, 4) is 5.75 Å². The number of nitrogens with zero attached hydrogens (tertiary/aromatic N) is 2. The minimum Gasteiger partial charge on any atom is -0.542 e. The maximum absolute atomic E-state index is 16.4. The second-order valence-corrected chi connectivity index (χ2v) is 18.7. The summed E-state index contributed by atoms with van der Waals surface area (Å²) >= 11 is 4.66. The highest BCUT2D eigenvalue weighted by Crippen LogP contribution is 2.39. The van der Waals surface area contributed by atoms with Crippen LogP contribution in [-0.4, -0.2) is 50.2 Å². The maximum atomic E-state index is 16.4. The summed E-state index contributed by atoms with van der Waals surface area (Å²) in [5.41, 5.74) is 1.68. The molecule has 43 heavy (non-hydrogen) atoms. The van der Waals surface area contributed by atoms with Crippen LogP contribution in [0.15, 0.2) is 44.8 Å². The molecule has 0 saturated carbocycles. The Labute approximate surface area is 268 Å². The largest absolute Gasteiger partial charge is 0.542 e. The number of methoxy groups -OCH3 is 1. The van der Waals surface area contributed by atoms with Crippen LogP contribution in [0.25, 0.3) is 0 Å². The molecule has 0 heterocycles. The molecule has 2 amide bonds. The number of carbonyl (C=O) groups excluding carboxylic acids is 2. The van der Waals surface area contributed by atoms with Crippen molar-refractivity contribution < 1.29 is 27.9 Å². The van der Waals surface area contributed by atoms with Crippen molar-refractivity contribution in [1.29, 1.82) is 0 Å². The number of rotatable bonds is 8. The first-order valence-corrected chi connectivity index (χ1v) is 18.8. The highest BCUT2D eigenvalue weighted by molar-refractivity contribution is 9.10. The first kappa shape index (κ1) is 36.5. The lowest BCUT2D eigenvalue weighted by Gasteiger charge is -2.36. The smallest absolute Gasteiger partial charge is 0.434 e. The fourth-order valence-electron chi connectivity index (χ4n) is 3.46. The Bertz CT molecular complexity index is 1400. The summed E-state index contributed by atoms with van der Waals surface area (Å²) in [6.07, 6.45) is 0.955. The number of hydrogen-bond donors (Lipinski definition) is 1. The molecule has 0 aliphatic carbocycles. The molecule has 0 fully saturated rings. The summed E-state index contributed by atoms with van der Waals surface area (Å²) in [5, 5.41) is 2.76. The van der Waals surface area contributed by atoms with Crippen molar-refractivity contribution in [3.05, 3.63) is 57.3 Å². The number of carbonyl (C=O) groups is 2. The molecule has 0 aliphatic rings. The summed E-state index contributed by atoms with van der Waals surface area (Å²) in [6, 6.07) is 8.72. The molecule has 0 unspecified atom stereocenters. The van der Waals surface area contributed by atoms with Gasteiger partial charge in [-0.3, -0.25) is 0 Å². The Balaban J connectivity index is 2.75. The van der Waals surface area contributed by atoms with Crippen LogP contribution in [0.3, 0.4) is 0 Å². The topological polar surface area (TPSA) is 98.6 Å². The van der Waals surface area contributed by atoms with Crippen LogP contribution in [0, 0.1) is 5.82 Å². The molecule has 236 valence electrons. The molecular weight excluding hydrogens is 653 g/mol. The number of halogens is 2. The number of amides is 2. The van der Waals surface area contributed by atoms with Crippen LogP contribution >= 0.6 is 27.7 Å². The van der Waals surface area contributed by atoms with E-state index < -0.39 is 31.9 Å². The highest BCUT2D eigenvalue weighted by Gasteiger charge is 2.40. The summed E-state index contributed by atoms with van der Waals surface area (Å²) in [4.78, 5) is 33.4.